The van der Waals surface area contributed by atoms with E-state index in [0.717, 1.165) is 39.0 Å². The molecule has 1 heterocycles. The predicted molar refractivity (Wildman–Crippen MR) is 101 cm³/mol. The number of ether oxygens (including phenoxy) is 1. The number of hydrogen-bond donors (Lipinski definition) is 2. The monoisotopic (exact) mass is 354 g/mol. The van der Waals surface area contributed by atoms with Gasteiger partial charge in [-0.05, 0) is 55.7 Å². The van der Waals surface area contributed by atoms with Crippen molar-refractivity contribution in [1.82, 2.24) is 10.3 Å². The zero-order valence-corrected chi connectivity index (χ0v) is 15.3. The Bertz CT molecular complexity index is 947. The van der Waals surface area contributed by atoms with Gasteiger partial charge in [0.05, 0.1) is 13.5 Å². The molecule has 3 rings (SSSR count). The van der Waals surface area contributed by atoms with E-state index in [-0.39, 0.29) is 18.1 Å². The first-order valence-electron chi connectivity index (χ1n) is 8.65. The summed E-state index contributed by atoms with van der Waals surface area (Å²) in [5.41, 5.74) is 4.80. The second-order valence-electron chi connectivity index (χ2n) is 6.51. The van der Waals surface area contributed by atoms with Crippen molar-refractivity contribution in [2.45, 2.75) is 26.7 Å². The van der Waals surface area contributed by atoms with E-state index in [1.807, 2.05) is 26.0 Å². The normalized spacial score (nSPS) is 10.9. The minimum atomic E-state index is -0.301. The summed E-state index contributed by atoms with van der Waals surface area (Å²) in [5.74, 6) is 0.447. The van der Waals surface area contributed by atoms with E-state index < -0.39 is 0 Å². The summed E-state index contributed by atoms with van der Waals surface area (Å²) in [5, 5.41) is 3.71. The quantitative estimate of drug-likeness (QED) is 0.707. The number of hydrogen-bond acceptors (Lipinski definition) is 2. The van der Waals surface area contributed by atoms with Crippen molar-refractivity contribution in [2.24, 2.45) is 0 Å². The van der Waals surface area contributed by atoms with Crippen LogP contribution in [-0.2, 0) is 17.6 Å². The topological polar surface area (TPSA) is 54.1 Å². The van der Waals surface area contributed by atoms with Gasteiger partial charge in [0.25, 0.3) is 0 Å². The fraction of sp³-hybridized carbons (Fsp3) is 0.286. The van der Waals surface area contributed by atoms with E-state index in [0.29, 0.717) is 13.0 Å². The standard InChI is InChI=1S/C21H23FN2O2/c1-13-4-7-20(26-3)15(10-13)8-9-23-21(25)12-17-14(2)24-19-6-5-16(22)11-18(17)19/h4-7,10-11,24H,8-9,12H2,1-3H3,(H,23,25). The van der Waals surface area contributed by atoms with Gasteiger partial charge in [0, 0.05) is 23.1 Å². The number of fused-ring (bicyclic) bond motifs is 1. The molecule has 0 radical (unpaired) electrons. The van der Waals surface area contributed by atoms with Crippen LogP contribution < -0.4 is 10.1 Å². The van der Waals surface area contributed by atoms with Gasteiger partial charge in [-0.25, -0.2) is 4.39 Å². The first-order chi connectivity index (χ1) is 12.5. The van der Waals surface area contributed by atoms with E-state index in [9.17, 15) is 9.18 Å². The summed E-state index contributed by atoms with van der Waals surface area (Å²) in [6.07, 6.45) is 0.915. The van der Waals surface area contributed by atoms with Crippen LogP contribution in [0.1, 0.15) is 22.4 Å². The average Bonchev–Trinajstić information content (AvgIpc) is 2.90. The Morgan fingerprint density at radius 1 is 1.19 bits per heavy atom. The Morgan fingerprint density at radius 3 is 2.77 bits per heavy atom. The molecule has 136 valence electrons. The van der Waals surface area contributed by atoms with Crippen molar-refractivity contribution in [3.63, 3.8) is 0 Å². The van der Waals surface area contributed by atoms with Gasteiger partial charge in [-0.3, -0.25) is 4.79 Å². The summed E-state index contributed by atoms with van der Waals surface area (Å²) in [4.78, 5) is 15.6. The van der Waals surface area contributed by atoms with E-state index in [2.05, 4.69) is 16.4 Å². The van der Waals surface area contributed by atoms with Crippen LogP contribution in [0.3, 0.4) is 0 Å². The molecule has 3 aromatic rings. The minimum Gasteiger partial charge on any atom is -0.496 e. The number of halogens is 1. The molecule has 0 fully saturated rings. The highest BCUT2D eigenvalue weighted by Gasteiger charge is 2.13. The van der Waals surface area contributed by atoms with Crippen LogP contribution in [0.5, 0.6) is 5.75 Å². The maximum absolute atomic E-state index is 13.5. The number of aryl methyl sites for hydroxylation is 2. The third-order valence-electron chi connectivity index (χ3n) is 4.57. The molecule has 2 N–H and O–H groups in total. The van der Waals surface area contributed by atoms with E-state index in [1.54, 1.807) is 13.2 Å². The lowest BCUT2D eigenvalue weighted by Gasteiger charge is -2.10. The Hall–Kier alpha value is -2.82. The molecule has 26 heavy (non-hydrogen) atoms. The lowest BCUT2D eigenvalue weighted by Crippen LogP contribution is -2.27. The molecule has 4 nitrogen and oxygen atoms in total. The Balaban J connectivity index is 1.64. The van der Waals surface area contributed by atoms with Crippen LogP contribution in [0.2, 0.25) is 0 Å². The molecule has 0 bridgehead atoms. The molecule has 0 aliphatic heterocycles. The van der Waals surface area contributed by atoms with Crippen molar-refractivity contribution in [2.75, 3.05) is 13.7 Å². The molecule has 0 atom stereocenters. The molecule has 0 aliphatic carbocycles. The van der Waals surface area contributed by atoms with Crippen molar-refractivity contribution in [3.05, 3.63) is 64.6 Å². The predicted octanol–water partition coefficient (Wildman–Crippen LogP) is 3.83. The number of H-pyrrole nitrogens is 1. The zero-order chi connectivity index (χ0) is 18.7. The SMILES string of the molecule is COc1ccc(C)cc1CCNC(=O)Cc1c(C)[nH]c2ccc(F)cc12. The summed E-state index contributed by atoms with van der Waals surface area (Å²) >= 11 is 0. The molecule has 0 saturated heterocycles. The maximum atomic E-state index is 13.5. The lowest BCUT2D eigenvalue weighted by molar-refractivity contribution is -0.120. The Kier molecular flexibility index (Phi) is 5.26. The minimum absolute atomic E-state index is 0.0788. The smallest absolute Gasteiger partial charge is 0.224 e. The largest absolute Gasteiger partial charge is 0.496 e. The lowest BCUT2D eigenvalue weighted by atomic mass is 10.1. The number of aromatic amines is 1. The third-order valence-corrected chi connectivity index (χ3v) is 4.57. The number of methoxy groups -OCH3 is 1. The van der Waals surface area contributed by atoms with Crippen molar-refractivity contribution < 1.29 is 13.9 Å². The van der Waals surface area contributed by atoms with E-state index >= 15 is 0 Å². The van der Waals surface area contributed by atoms with Gasteiger partial charge in [-0.15, -0.1) is 0 Å². The number of amides is 1. The molecule has 0 unspecified atom stereocenters. The van der Waals surface area contributed by atoms with Crippen molar-refractivity contribution in [1.29, 1.82) is 0 Å². The Labute approximate surface area is 152 Å². The molecular weight excluding hydrogens is 331 g/mol. The highest BCUT2D eigenvalue weighted by molar-refractivity contribution is 5.90. The third kappa shape index (κ3) is 3.87. The molecule has 0 spiro atoms. The summed E-state index contributed by atoms with van der Waals surface area (Å²) < 4.78 is 18.9. The highest BCUT2D eigenvalue weighted by Crippen LogP contribution is 2.23. The first kappa shape index (κ1) is 18.0. The van der Waals surface area contributed by atoms with Crippen LogP contribution in [0.25, 0.3) is 10.9 Å². The number of nitrogens with one attached hydrogen (secondary N) is 2. The molecule has 5 heteroatoms. The van der Waals surface area contributed by atoms with Crippen molar-refractivity contribution in [3.8, 4) is 5.75 Å². The second-order valence-corrected chi connectivity index (χ2v) is 6.51. The van der Waals surface area contributed by atoms with Crippen molar-refractivity contribution >= 4 is 16.8 Å². The molecule has 2 aromatic carbocycles. The Morgan fingerprint density at radius 2 is 2.00 bits per heavy atom. The number of aromatic nitrogens is 1. The number of carbonyl (C=O) groups excluding carboxylic acids is 1. The molecule has 0 saturated carbocycles. The van der Waals surface area contributed by atoms with Crippen LogP contribution in [0, 0.1) is 19.7 Å². The van der Waals surface area contributed by atoms with Gasteiger partial charge < -0.3 is 15.0 Å². The molecule has 1 aromatic heterocycles. The fourth-order valence-electron chi connectivity index (χ4n) is 3.24. The van der Waals surface area contributed by atoms with Gasteiger partial charge in [-0.2, -0.15) is 0 Å². The average molecular weight is 354 g/mol. The van der Waals surface area contributed by atoms with Crippen LogP contribution in [0.4, 0.5) is 4.39 Å². The van der Waals surface area contributed by atoms with E-state index in [4.69, 9.17) is 4.74 Å². The molecule has 0 aliphatic rings. The molecule has 1 amide bonds. The highest BCUT2D eigenvalue weighted by atomic mass is 19.1. The zero-order valence-electron chi connectivity index (χ0n) is 15.3. The summed E-state index contributed by atoms with van der Waals surface area (Å²) in [7, 11) is 1.64. The first-order valence-corrected chi connectivity index (χ1v) is 8.65. The van der Waals surface area contributed by atoms with Crippen LogP contribution in [-0.4, -0.2) is 24.5 Å². The van der Waals surface area contributed by atoms with Gasteiger partial charge in [0.2, 0.25) is 5.91 Å². The van der Waals surface area contributed by atoms with Crippen LogP contribution in [0.15, 0.2) is 36.4 Å². The summed E-state index contributed by atoms with van der Waals surface area (Å²) in [6, 6.07) is 10.6. The van der Waals surface area contributed by atoms with Gasteiger partial charge >= 0.3 is 0 Å². The van der Waals surface area contributed by atoms with Crippen LogP contribution >= 0.6 is 0 Å². The number of rotatable bonds is 6. The second kappa shape index (κ2) is 7.60. The number of carbonyl (C=O) groups is 1. The fourth-order valence-corrected chi connectivity index (χ4v) is 3.24. The maximum Gasteiger partial charge on any atom is 0.224 e. The molecular formula is C21H23FN2O2. The van der Waals surface area contributed by atoms with E-state index in [1.165, 1.54) is 12.1 Å². The number of benzene rings is 2. The van der Waals surface area contributed by atoms with Gasteiger partial charge in [0.15, 0.2) is 0 Å². The summed E-state index contributed by atoms with van der Waals surface area (Å²) in [6.45, 7) is 4.45. The van der Waals surface area contributed by atoms with Gasteiger partial charge in [-0.1, -0.05) is 17.7 Å². The van der Waals surface area contributed by atoms with Gasteiger partial charge in [0.1, 0.15) is 11.6 Å².